The second-order valence-corrected chi connectivity index (χ2v) is 6.86. The molecule has 0 radical (unpaired) electrons. The van der Waals surface area contributed by atoms with Crippen molar-refractivity contribution in [1.29, 1.82) is 0 Å². The number of anilines is 1. The lowest BCUT2D eigenvalue weighted by molar-refractivity contribution is 0.122. The summed E-state index contributed by atoms with van der Waals surface area (Å²) in [4.78, 5) is 6.68. The van der Waals surface area contributed by atoms with Gasteiger partial charge in [0.1, 0.15) is 11.3 Å². The first-order valence-corrected chi connectivity index (χ1v) is 9.15. The fourth-order valence-corrected chi connectivity index (χ4v) is 3.57. The normalized spacial score (nSPS) is 14.7. The molecule has 0 aliphatic carbocycles. The molecule has 0 amide bonds. The minimum atomic E-state index is -0.360. The topological polar surface area (TPSA) is 71.9 Å². The van der Waals surface area contributed by atoms with Crippen LogP contribution in [0.25, 0.3) is 33.3 Å². The number of hydrogen-bond acceptors (Lipinski definition) is 5. The SMILES string of the molecule is Cn1cc(-c2cc(F)c3n[nH]c(-c4ccnc(N5CCOCC5)c4)c3c2)cn1. The summed E-state index contributed by atoms with van der Waals surface area (Å²) >= 11 is 0. The molecule has 4 heterocycles. The lowest BCUT2D eigenvalue weighted by Crippen LogP contribution is -2.36. The highest BCUT2D eigenvalue weighted by molar-refractivity contribution is 5.96. The minimum absolute atomic E-state index is 0.326. The Hall–Kier alpha value is -3.26. The lowest BCUT2D eigenvalue weighted by atomic mass is 10.0. The van der Waals surface area contributed by atoms with Gasteiger partial charge >= 0.3 is 0 Å². The molecule has 1 saturated heterocycles. The number of halogens is 1. The maximum absolute atomic E-state index is 14.7. The highest BCUT2D eigenvalue weighted by atomic mass is 19.1. The molecule has 0 atom stereocenters. The number of ether oxygens (including phenoxy) is 1. The Kier molecular flexibility index (Phi) is 4.05. The van der Waals surface area contributed by atoms with Gasteiger partial charge in [0.25, 0.3) is 0 Å². The van der Waals surface area contributed by atoms with Crippen LogP contribution in [0.15, 0.2) is 42.9 Å². The van der Waals surface area contributed by atoms with E-state index in [1.54, 1.807) is 17.1 Å². The van der Waals surface area contributed by atoms with Crippen LogP contribution in [0.5, 0.6) is 0 Å². The number of hydrogen-bond donors (Lipinski definition) is 1. The molecule has 1 fully saturated rings. The number of aromatic amines is 1. The van der Waals surface area contributed by atoms with Crippen LogP contribution in [0.2, 0.25) is 0 Å². The largest absolute Gasteiger partial charge is 0.378 e. The van der Waals surface area contributed by atoms with Crippen LogP contribution in [-0.2, 0) is 11.8 Å². The summed E-state index contributed by atoms with van der Waals surface area (Å²) in [7, 11) is 1.84. The summed E-state index contributed by atoms with van der Waals surface area (Å²) in [5, 5.41) is 12.1. The fourth-order valence-electron chi connectivity index (χ4n) is 3.57. The number of rotatable bonds is 3. The number of pyridine rings is 1. The molecule has 5 rings (SSSR count). The molecule has 7 nitrogen and oxygen atoms in total. The Morgan fingerprint density at radius 2 is 1.96 bits per heavy atom. The van der Waals surface area contributed by atoms with E-state index in [0.717, 1.165) is 46.7 Å². The molecule has 1 aliphatic rings. The molecule has 28 heavy (non-hydrogen) atoms. The molecule has 0 bridgehead atoms. The quantitative estimate of drug-likeness (QED) is 0.593. The van der Waals surface area contributed by atoms with Crippen molar-refractivity contribution in [2.75, 3.05) is 31.2 Å². The number of fused-ring (bicyclic) bond motifs is 1. The van der Waals surface area contributed by atoms with Crippen molar-refractivity contribution in [2.24, 2.45) is 7.05 Å². The van der Waals surface area contributed by atoms with E-state index in [2.05, 4.69) is 25.2 Å². The average Bonchev–Trinajstić information content (AvgIpc) is 3.35. The number of nitrogens with one attached hydrogen (secondary N) is 1. The van der Waals surface area contributed by atoms with Crippen molar-refractivity contribution in [3.05, 3.63) is 48.7 Å². The zero-order valence-electron chi connectivity index (χ0n) is 15.4. The van der Waals surface area contributed by atoms with E-state index in [9.17, 15) is 4.39 Å². The Morgan fingerprint density at radius 1 is 1.11 bits per heavy atom. The highest BCUT2D eigenvalue weighted by Crippen LogP contribution is 2.33. The molecule has 4 aromatic rings. The van der Waals surface area contributed by atoms with E-state index in [4.69, 9.17) is 4.74 Å². The number of morpholine rings is 1. The molecule has 0 spiro atoms. The van der Waals surface area contributed by atoms with E-state index < -0.39 is 0 Å². The minimum Gasteiger partial charge on any atom is -0.378 e. The van der Waals surface area contributed by atoms with E-state index in [0.29, 0.717) is 18.7 Å². The first-order valence-electron chi connectivity index (χ1n) is 9.15. The third kappa shape index (κ3) is 2.91. The maximum Gasteiger partial charge on any atom is 0.151 e. The number of nitrogens with zero attached hydrogens (tertiary/aromatic N) is 5. The summed E-state index contributed by atoms with van der Waals surface area (Å²) in [5.41, 5.74) is 3.65. The van der Waals surface area contributed by atoms with E-state index >= 15 is 0 Å². The van der Waals surface area contributed by atoms with E-state index in [1.165, 1.54) is 6.07 Å². The van der Waals surface area contributed by atoms with Gasteiger partial charge in [-0.25, -0.2) is 9.37 Å². The fraction of sp³-hybridized carbons (Fsp3) is 0.250. The van der Waals surface area contributed by atoms with E-state index in [-0.39, 0.29) is 5.82 Å². The molecule has 8 heteroatoms. The molecule has 3 aromatic heterocycles. The third-order valence-corrected chi connectivity index (χ3v) is 5.02. The van der Waals surface area contributed by atoms with Crippen LogP contribution in [-0.4, -0.2) is 51.3 Å². The van der Waals surface area contributed by atoms with Crippen LogP contribution in [0.3, 0.4) is 0 Å². The zero-order valence-corrected chi connectivity index (χ0v) is 15.4. The summed E-state index contributed by atoms with van der Waals surface area (Å²) in [6.07, 6.45) is 5.36. The van der Waals surface area contributed by atoms with Crippen LogP contribution < -0.4 is 4.90 Å². The molecule has 1 aromatic carbocycles. The molecule has 0 unspecified atom stereocenters. The van der Waals surface area contributed by atoms with Crippen molar-refractivity contribution in [3.63, 3.8) is 0 Å². The predicted octanol–water partition coefficient (Wildman–Crippen LogP) is 3.00. The van der Waals surface area contributed by atoms with Gasteiger partial charge in [-0.15, -0.1) is 0 Å². The number of H-pyrrole nitrogens is 1. The summed E-state index contributed by atoms with van der Waals surface area (Å²) in [6, 6.07) is 7.36. The Morgan fingerprint density at radius 3 is 2.75 bits per heavy atom. The molecule has 0 saturated carbocycles. The maximum atomic E-state index is 14.7. The summed E-state index contributed by atoms with van der Waals surface area (Å²) in [6.45, 7) is 3.00. The third-order valence-electron chi connectivity index (χ3n) is 5.02. The second-order valence-electron chi connectivity index (χ2n) is 6.86. The number of aromatic nitrogens is 5. The molecule has 142 valence electrons. The van der Waals surface area contributed by atoms with Crippen molar-refractivity contribution < 1.29 is 9.13 Å². The summed E-state index contributed by atoms with van der Waals surface area (Å²) in [5.74, 6) is 0.522. The molecule has 1 N–H and O–H groups in total. The van der Waals surface area contributed by atoms with E-state index in [1.807, 2.05) is 31.4 Å². The predicted molar refractivity (Wildman–Crippen MR) is 105 cm³/mol. The van der Waals surface area contributed by atoms with Gasteiger partial charge in [0.2, 0.25) is 0 Å². The first kappa shape index (κ1) is 16.9. The number of aryl methyl sites for hydroxylation is 1. The molecule has 1 aliphatic heterocycles. The van der Waals surface area contributed by atoms with Gasteiger partial charge in [-0.2, -0.15) is 10.2 Å². The second kappa shape index (κ2) is 6.72. The van der Waals surface area contributed by atoms with Gasteiger partial charge in [0, 0.05) is 49.0 Å². The molecular weight excluding hydrogens is 359 g/mol. The van der Waals surface area contributed by atoms with Crippen LogP contribution in [0.4, 0.5) is 10.2 Å². The number of benzene rings is 1. The van der Waals surface area contributed by atoms with Gasteiger partial charge < -0.3 is 9.64 Å². The van der Waals surface area contributed by atoms with Crippen molar-refractivity contribution >= 4 is 16.7 Å². The van der Waals surface area contributed by atoms with Crippen LogP contribution >= 0.6 is 0 Å². The van der Waals surface area contributed by atoms with Crippen molar-refractivity contribution in [2.45, 2.75) is 0 Å². The lowest BCUT2D eigenvalue weighted by Gasteiger charge is -2.27. The average molecular weight is 378 g/mol. The van der Waals surface area contributed by atoms with Gasteiger partial charge in [-0.3, -0.25) is 9.78 Å². The Bertz CT molecular complexity index is 1140. The first-order chi connectivity index (χ1) is 13.7. The Balaban J connectivity index is 1.60. The Labute approximate surface area is 160 Å². The monoisotopic (exact) mass is 378 g/mol. The van der Waals surface area contributed by atoms with Gasteiger partial charge in [0.05, 0.1) is 25.1 Å². The zero-order chi connectivity index (χ0) is 19.1. The van der Waals surface area contributed by atoms with Gasteiger partial charge in [-0.1, -0.05) is 0 Å². The van der Waals surface area contributed by atoms with Crippen molar-refractivity contribution in [1.82, 2.24) is 25.0 Å². The molecular formula is C20H19FN6O. The van der Waals surface area contributed by atoms with Gasteiger partial charge in [-0.05, 0) is 29.8 Å². The summed E-state index contributed by atoms with van der Waals surface area (Å²) < 4.78 is 21.8. The standard InChI is InChI=1S/C20H19FN6O/c1-26-12-15(11-23-26)14-8-16-19(24-25-20(16)17(21)9-14)13-2-3-22-18(10-13)27-4-6-28-7-5-27/h2-3,8-12H,4-7H2,1H3,(H,24,25). The van der Waals surface area contributed by atoms with Crippen LogP contribution in [0, 0.1) is 5.82 Å². The van der Waals surface area contributed by atoms with Crippen molar-refractivity contribution in [3.8, 4) is 22.4 Å². The van der Waals surface area contributed by atoms with Gasteiger partial charge in [0.15, 0.2) is 5.82 Å². The van der Waals surface area contributed by atoms with Crippen LogP contribution in [0.1, 0.15) is 0 Å². The smallest absolute Gasteiger partial charge is 0.151 e. The highest BCUT2D eigenvalue weighted by Gasteiger charge is 2.17.